The molecule has 1 atom stereocenters. The predicted molar refractivity (Wildman–Crippen MR) is 99.0 cm³/mol. The third-order valence-electron chi connectivity index (χ3n) is 5.19. The summed E-state index contributed by atoms with van der Waals surface area (Å²) < 4.78 is 5.22. The summed E-state index contributed by atoms with van der Waals surface area (Å²) in [6.07, 6.45) is 0.476. The van der Waals surface area contributed by atoms with E-state index in [9.17, 15) is 9.59 Å². The molecule has 142 valence electrons. The minimum atomic E-state index is -0.217. The summed E-state index contributed by atoms with van der Waals surface area (Å²) in [4.78, 5) is 30.3. The van der Waals surface area contributed by atoms with Crippen molar-refractivity contribution in [2.24, 2.45) is 5.41 Å². The lowest BCUT2D eigenvalue weighted by atomic mass is 9.86. The van der Waals surface area contributed by atoms with Crippen molar-refractivity contribution in [1.82, 2.24) is 20.0 Å². The van der Waals surface area contributed by atoms with Gasteiger partial charge in [0.25, 0.3) is 0 Å². The van der Waals surface area contributed by atoms with Crippen LogP contribution >= 0.6 is 0 Å². The molecule has 7 heteroatoms. The molecule has 3 rings (SSSR count). The molecule has 2 fully saturated rings. The van der Waals surface area contributed by atoms with Crippen LogP contribution in [0.2, 0.25) is 0 Å². The first-order valence-electron chi connectivity index (χ1n) is 8.99. The Morgan fingerprint density at radius 1 is 1.23 bits per heavy atom. The van der Waals surface area contributed by atoms with E-state index in [-0.39, 0.29) is 17.4 Å². The van der Waals surface area contributed by atoms with E-state index in [4.69, 9.17) is 4.74 Å². The summed E-state index contributed by atoms with van der Waals surface area (Å²) in [5, 5.41) is 2.96. The molecule has 0 bridgehead atoms. The summed E-state index contributed by atoms with van der Waals surface area (Å²) in [5.74, 6) is 0.919. The first-order chi connectivity index (χ1) is 12.4. The van der Waals surface area contributed by atoms with Crippen molar-refractivity contribution >= 4 is 11.9 Å². The van der Waals surface area contributed by atoms with Gasteiger partial charge in [-0.3, -0.25) is 9.69 Å². The highest BCUT2D eigenvalue weighted by Crippen LogP contribution is 2.31. The Hall–Kier alpha value is -2.28. The Morgan fingerprint density at radius 2 is 1.96 bits per heavy atom. The van der Waals surface area contributed by atoms with Gasteiger partial charge in [0.1, 0.15) is 5.75 Å². The first kappa shape index (κ1) is 18.5. The second-order valence-corrected chi connectivity index (χ2v) is 7.61. The highest BCUT2D eigenvalue weighted by Gasteiger charge is 2.44. The summed E-state index contributed by atoms with van der Waals surface area (Å²) in [5.41, 5.74) is 0.983. The lowest BCUT2D eigenvalue weighted by Crippen LogP contribution is -2.47. The van der Waals surface area contributed by atoms with Crippen LogP contribution in [0.4, 0.5) is 4.79 Å². The number of hydrogen-bond acceptors (Lipinski definition) is 4. The number of ether oxygens (including phenoxy) is 1. The standard InChI is InChI=1S/C19H28N4O3/c1-21(2)18(25)23-9-8-22(11-15-4-6-16(26-3)7-5-15)13-19(14-23)10-17(24)20-12-19/h4-7H,8-14H2,1-3H3,(H,20,24)/t19-/m1/s1. The van der Waals surface area contributed by atoms with Crippen molar-refractivity contribution in [2.75, 3.05) is 53.9 Å². The molecule has 3 amide bonds. The average molecular weight is 360 g/mol. The molecular formula is C19H28N4O3. The van der Waals surface area contributed by atoms with Gasteiger partial charge in [-0.05, 0) is 17.7 Å². The number of rotatable bonds is 3. The van der Waals surface area contributed by atoms with Crippen LogP contribution in [-0.4, -0.2) is 80.6 Å². The summed E-state index contributed by atoms with van der Waals surface area (Å²) in [6.45, 7) is 4.30. The fourth-order valence-corrected chi connectivity index (χ4v) is 3.89. The van der Waals surface area contributed by atoms with E-state index in [0.717, 1.165) is 25.4 Å². The Balaban J connectivity index is 1.76. The molecule has 0 unspecified atom stereocenters. The van der Waals surface area contributed by atoms with Gasteiger partial charge in [-0.2, -0.15) is 0 Å². The number of methoxy groups -OCH3 is 1. The monoisotopic (exact) mass is 360 g/mol. The smallest absolute Gasteiger partial charge is 0.319 e. The first-order valence-corrected chi connectivity index (χ1v) is 8.99. The zero-order chi connectivity index (χ0) is 18.7. The molecule has 2 heterocycles. The third-order valence-corrected chi connectivity index (χ3v) is 5.19. The van der Waals surface area contributed by atoms with E-state index in [1.54, 1.807) is 26.1 Å². The molecule has 2 aliphatic rings. The van der Waals surface area contributed by atoms with Gasteiger partial charge in [0.2, 0.25) is 5.91 Å². The molecule has 2 saturated heterocycles. The van der Waals surface area contributed by atoms with Crippen molar-refractivity contribution in [1.29, 1.82) is 0 Å². The summed E-state index contributed by atoms with van der Waals surface area (Å²) in [7, 11) is 5.20. The van der Waals surface area contributed by atoms with Crippen LogP contribution in [0, 0.1) is 5.41 Å². The van der Waals surface area contributed by atoms with Gasteiger partial charge in [0.15, 0.2) is 0 Å². The van der Waals surface area contributed by atoms with Crippen LogP contribution in [0.1, 0.15) is 12.0 Å². The Bertz CT molecular complexity index is 661. The second-order valence-electron chi connectivity index (χ2n) is 7.61. The zero-order valence-electron chi connectivity index (χ0n) is 15.8. The maximum atomic E-state index is 12.5. The molecule has 7 nitrogen and oxygen atoms in total. The fraction of sp³-hybridized carbons (Fsp3) is 0.579. The normalized spacial score (nSPS) is 23.7. The number of amides is 3. The van der Waals surface area contributed by atoms with Crippen molar-refractivity contribution in [3.63, 3.8) is 0 Å². The van der Waals surface area contributed by atoms with Gasteiger partial charge in [-0.15, -0.1) is 0 Å². The molecule has 0 aromatic heterocycles. The van der Waals surface area contributed by atoms with Crippen molar-refractivity contribution in [2.45, 2.75) is 13.0 Å². The van der Waals surface area contributed by atoms with E-state index in [2.05, 4.69) is 22.3 Å². The highest BCUT2D eigenvalue weighted by molar-refractivity contribution is 5.80. The lowest BCUT2D eigenvalue weighted by molar-refractivity contribution is -0.119. The number of hydrogen-bond donors (Lipinski definition) is 1. The van der Waals surface area contributed by atoms with E-state index in [1.165, 1.54) is 5.56 Å². The highest BCUT2D eigenvalue weighted by atomic mass is 16.5. The SMILES string of the molecule is COc1ccc(CN2CCN(C(=O)N(C)C)C[C@]3(CNC(=O)C3)C2)cc1. The number of carbonyl (C=O) groups excluding carboxylic acids is 2. The van der Waals surface area contributed by atoms with Crippen molar-refractivity contribution in [3.8, 4) is 5.75 Å². The summed E-state index contributed by atoms with van der Waals surface area (Å²) >= 11 is 0. The predicted octanol–water partition coefficient (Wildman–Crippen LogP) is 1.00. The van der Waals surface area contributed by atoms with E-state index in [1.807, 2.05) is 17.0 Å². The topological polar surface area (TPSA) is 65.1 Å². The van der Waals surface area contributed by atoms with Gasteiger partial charge in [-0.1, -0.05) is 12.1 Å². The Morgan fingerprint density at radius 3 is 2.54 bits per heavy atom. The average Bonchev–Trinajstić information content (AvgIpc) is 2.88. The quantitative estimate of drug-likeness (QED) is 0.873. The lowest BCUT2D eigenvalue weighted by Gasteiger charge is -2.33. The third kappa shape index (κ3) is 4.09. The van der Waals surface area contributed by atoms with Crippen molar-refractivity contribution in [3.05, 3.63) is 29.8 Å². The molecular weight excluding hydrogens is 332 g/mol. The number of benzene rings is 1. The molecule has 1 spiro atoms. The number of carbonyl (C=O) groups is 2. The maximum absolute atomic E-state index is 12.5. The molecule has 26 heavy (non-hydrogen) atoms. The molecule has 1 N–H and O–H groups in total. The Kier molecular flexibility index (Phi) is 5.36. The van der Waals surface area contributed by atoms with Crippen LogP contribution in [0.15, 0.2) is 24.3 Å². The molecule has 1 aromatic carbocycles. The fourth-order valence-electron chi connectivity index (χ4n) is 3.89. The summed E-state index contributed by atoms with van der Waals surface area (Å²) in [6, 6.07) is 8.07. The largest absolute Gasteiger partial charge is 0.497 e. The number of nitrogens with one attached hydrogen (secondary N) is 1. The number of urea groups is 1. The van der Waals surface area contributed by atoms with Crippen LogP contribution in [0.25, 0.3) is 0 Å². The van der Waals surface area contributed by atoms with Crippen LogP contribution in [-0.2, 0) is 11.3 Å². The maximum Gasteiger partial charge on any atom is 0.319 e. The second kappa shape index (κ2) is 7.53. The van der Waals surface area contributed by atoms with Crippen LogP contribution in [0.3, 0.4) is 0 Å². The van der Waals surface area contributed by atoms with E-state index in [0.29, 0.717) is 26.1 Å². The molecule has 0 aliphatic carbocycles. The van der Waals surface area contributed by atoms with Crippen LogP contribution in [0.5, 0.6) is 5.75 Å². The molecule has 2 aliphatic heterocycles. The molecule has 0 radical (unpaired) electrons. The van der Waals surface area contributed by atoms with Gasteiger partial charge < -0.3 is 19.9 Å². The number of nitrogens with zero attached hydrogens (tertiary/aromatic N) is 3. The molecule has 0 saturated carbocycles. The Labute approximate surface area is 154 Å². The minimum Gasteiger partial charge on any atom is -0.497 e. The van der Waals surface area contributed by atoms with Gasteiger partial charge in [0.05, 0.1) is 7.11 Å². The molecule has 1 aromatic rings. The van der Waals surface area contributed by atoms with Gasteiger partial charge in [0, 0.05) is 65.2 Å². The van der Waals surface area contributed by atoms with Crippen LogP contribution < -0.4 is 10.1 Å². The van der Waals surface area contributed by atoms with Gasteiger partial charge in [-0.25, -0.2) is 4.79 Å². The minimum absolute atomic E-state index is 0.00928. The zero-order valence-corrected chi connectivity index (χ0v) is 15.8. The van der Waals surface area contributed by atoms with E-state index < -0.39 is 0 Å². The van der Waals surface area contributed by atoms with Gasteiger partial charge >= 0.3 is 6.03 Å². The van der Waals surface area contributed by atoms with Crippen molar-refractivity contribution < 1.29 is 14.3 Å². The van der Waals surface area contributed by atoms with E-state index >= 15 is 0 Å².